The molecule has 1 unspecified atom stereocenters. The molecule has 144 valence electrons. The number of nitrogens with one attached hydrogen (secondary N) is 1. The van der Waals surface area contributed by atoms with Crippen molar-refractivity contribution in [1.29, 1.82) is 0 Å². The van der Waals surface area contributed by atoms with Crippen LogP contribution in [0.4, 0.5) is 4.39 Å². The lowest BCUT2D eigenvalue weighted by molar-refractivity contribution is 0.0950. The third kappa shape index (κ3) is 4.36. The van der Waals surface area contributed by atoms with E-state index in [1.807, 2.05) is 0 Å². The Balaban J connectivity index is 1.77. The molecule has 0 aliphatic carbocycles. The number of sulfone groups is 2. The molecule has 0 bridgehead atoms. The number of halogens is 1. The van der Waals surface area contributed by atoms with Gasteiger partial charge >= 0.3 is 0 Å². The lowest BCUT2D eigenvalue weighted by atomic mass is 10.2. The monoisotopic (exact) mass is 411 g/mol. The SMILES string of the molecule is O=C(NCc1ccccc1F)c1cccc(S(=O)(=O)C2CCS(=O)(=O)C2)c1. The van der Waals surface area contributed by atoms with Crippen molar-refractivity contribution in [2.45, 2.75) is 23.1 Å². The minimum Gasteiger partial charge on any atom is -0.348 e. The summed E-state index contributed by atoms with van der Waals surface area (Å²) in [5, 5.41) is 1.55. The molecule has 1 aliphatic rings. The molecule has 0 radical (unpaired) electrons. The zero-order valence-corrected chi connectivity index (χ0v) is 15.9. The molecular formula is C18H18FNO5S2. The Hall–Kier alpha value is -2.26. The Bertz CT molecular complexity index is 1080. The van der Waals surface area contributed by atoms with Crippen molar-refractivity contribution in [2.75, 3.05) is 11.5 Å². The minimum absolute atomic E-state index is 0.0383. The Labute approximate surface area is 157 Å². The average molecular weight is 411 g/mol. The fourth-order valence-electron chi connectivity index (χ4n) is 2.93. The molecule has 27 heavy (non-hydrogen) atoms. The van der Waals surface area contributed by atoms with Crippen molar-refractivity contribution < 1.29 is 26.0 Å². The number of carbonyl (C=O) groups excluding carboxylic acids is 1. The summed E-state index contributed by atoms with van der Waals surface area (Å²) in [6.07, 6.45) is 0.0500. The van der Waals surface area contributed by atoms with E-state index in [1.165, 1.54) is 42.5 Å². The zero-order valence-electron chi connectivity index (χ0n) is 14.3. The van der Waals surface area contributed by atoms with Gasteiger partial charge in [-0.1, -0.05) is 24.3 Å². The molecule has 6 nitrogen and oxygen atoms in total. The van der Waals surface area contributed by atoms with Crippen LogP contribution in [0.2, 0.25) is 0 Å². The molecule has 0 spiro atoms. The Kier molecular flexibility index (Phi) is 5.34. The van der Waals surface area contributed by atoms with Crippen LogP contribution in [0.15, 0.2) is 53.4 Å². The molecule has 1 heterocycles. The standard InChI is InChI=1S/C18H18FNO5S2/c19-17-7-2-1-4-14(17)11-20-18(21)13-5-3-6-15(10-13)27(24,25)16-8-9-26(22,23)12-16/h1-7,10,16H,8-9,11-12H2,(H,20,21). The lowest BCUT2D eigenvalue weighted by Gasteiger charge is -2.12. The minimum atomic E-state index is -3.86. The molecular weight excluding hydrogens is 393 g/mol. The molecule has 1 N–H and O–H groups in total. The highest BCUT2D eigenvalue weighted by Gasteiger charge is 2.38. The summed E-state index contributed by atoms with van der Waals surface area (Å²) in [5.74, 6) is -1.55. The quantitative estimate of drug-likeness (QED) is 0.808. The Morgan fingerprint density at radius 3 is 2.56 bits per heavy atom. The first-order chi connectivity index (χ1) is 12.7. The van der Waals surface area contributed by atoms with Crippen LogP contribution >= 0.6 is 0 Å². The maximum Gasteiger partial charge on any atom is 0.251 e. The molecule has 1 amide bonds. The van der Waals surface area contributed by atoms with Crippen LogP contribution in [0.25, 0.3) is 0 Å². The van der Waals surface area contributed by atoms with Crippen LogP contribution < -0.4 is 5.32 Å². The molecule has 2 aromatic carbocycles. The first-order valence-electron chi connectivity index (χ1n) is 8.25. The first kappa shape index (κ1) is 19.5. The summed E-state index contributed by atoms with van der Waals surface area (Å²) < 4.78 is 62.1. The van der Waals surface area contributed by atoms with Crippen molar-refractivity contribution in [2.24, 2.45) is 0 Å². The Morgan fingerprint density at radius 1 is 1.15 bits per heavy atom. The van der Waals surface area contributed by atoms with E-state index in [1.54, 1.807) is 6.07 Å². The highest BCUT2D eigenvalue weighted by atomic mass is 32.2. The summed E-state index contributed by atoms with van der Waals surface area (Å²) in [6.45, 7) is -0.0383. The van der Waals surface area contributed by atoms with Gasteiger partial charge in [-0.25, -0.2) is 21.2 Å². The molecule has 1 atom stereocenters. The number of hydrogen-bond acceptors (Lipinski definition) is 5. The van der Waals surface area contributed by atoms with Gasteiger partial charge in [-0.05, 0) is 30.7 Å². The molecule has 0 saturated carbocycles. The summed E-state index contributed by atoms with van der Waals surface area (Å²) in [7, 11) is -7.21. The number of benzene rings is 2. The lowest BCUT2D eigenvalue weighted by Crippen LogP contribution is -2.25. The van der Waals surface area contributed by atoms with Crippen LogP contribution in [-0.4, -0.2) is 39.5 Å². The highest BCUT2D eigenvalue weighted by Crippen LogP contribution is 2.26. The summed E-state index contributed by atoms with van der Waals surface area (Å²) in [5.41, 5.74) is 0.416. The van der Waals surface area contributed by atoms with Gasteiger partial charge in [-0.2, -0.15) is 0 Å². The van der Waals surface area contributed by atoms with Crippen LogP contribution in [0.1, 0.15) is 22.3 Å². The number of hydrogen-bond donors (Lipinski definition) is 1. The summed E-state index contributed by atoms with van der Waals surface area (Å²) in [6, 6.07) is 11.4. The van der Waals surface area contributed by atoms with Gasteiger partial charge in [-0.15, -0.1) is 0 Å². The first-order valence-corrected chi connectivity index (χ1v) is 11.6. The van der Waals surface area contributed by atoms with Gasteiger partial charge in [0.05, 0.1) is 21.7 Å². The molecule has 9 heteroatoms. The predicted octanol–water partition coefficient (Wildman–Crippen LogP) is 1.72. The van der Waals surface area contributed by atoms with E-state index in [-0.39, 0.29) is 29.2 Å². The Morgan fingerprint density at radius 2 is 1.89 bits per heavy atom. The molecule has 3 rings (SSSR count). The smallest absolute Gasteiger partial charge is 0.251 e. The van der Waals surface area contributed by atoms with E-state index in [0.29, 0.717) is 5.56 Å². The number of amides is 1. The van der Waals surface area contributed by atoms with Gasteiger partial charge in [0.15, 0.2) is 19.7 Å². The third-order valence-electron chi connectivity index (χ3n) is 4.45. The van der Waals surface area contributed by atoms with Crippen molar-refractivity contribution in [3.63, 3.8) is 0 Å². The van der Waals surface area contributed by atoms with Crippen LogP contribution in [0.5, 0.6) is 0 Å². The van der Waals surface area contributed by atoms with Gasteiger partial charge in [0.2, 0.25) is 0 Å². The van der Waals surface area contributed by atoms with Crippen molar-refractivity contribution in [3.8, 4) is 0 Å². The maximum atomic E-state index is 13.6. The summed E-state index contributed by atoms with van der Waals surface area (Å²) in [4.78, 5) is 12.2. The normalized spacial score (nSPS) is 18.9. The fourth-order valence-corrected chi connectivity index (χ4v) is 7.34. The number of rotatable bonds is 5. The van der Waals surface area contributed by atoms with Crippen molar-refractivity contribution in [1.82, 2.24) is 5.32 Å². The van der Waals surface area contributed by atoms with Crippen LogP contribution in [0, 0.1) is 5.82 Å². The highest BCUT2D eigenvalue weighted by molar-refractivity contribution is 7.96. The van der Waals surface area contributed by atoms with E-state index in [4.69, 9.17) is 0 Å². The molecule has 0 aromatic heterocycles. The molecule has 1 saturated heterocycles. The second-order valence-electron chi connectivity index (χ2n) is 6.37. The van der Waals surface area contributed by atoms with E-state index >= 15 is 0 Å². The van der Waals surface area contributed by atoms with E-state index < -0.39 is 42.4 Å². The van der Waals surface area contributed by atoms with Crippen LogP contribution in [0.3, 0.4) is 0 Å². The molecule has 2 aromatic rings. The van der Waals surface area contributed by atoms with Crippen molar-refractivity contribution in [3.05, 3.63) is 65.5 Å². The third-order valence-corrected chi connectivity index (χ3v) is 8.62. The molecule has 1 fully saturated rings. The van der Waals surface area contributed by atoms with E-state index in [2.05, 4.69) is 5.32 Å². The van der Waals surface area contributed by atoms with Gasteiger partial charge < -0.3 is 5.32 Å². The number of carbonyl (C=O) groups is 1. The second-order valence-corrected chi connectivity index (χ2v) is 10.8. The second kappa shape index (κ2) is 7.40. The zero-order chi connectivity index (χ0) is 19.7. The maximum absolute atomic E-state index is 13.6. The van der Waals surface area contributed by atoms with E-state index in [9.17, 15) is 26.0 Å². The van der Waals surface area contributed by atoms with Crippen molar-refractivity contribution >= 4 is 25.6 Å². The van der Waals surface area contributed by atoms with Crippen LogP contribution in [-0.2, 0) is 26.2 Å². The van der Waals surface area contributed by atoms with Gasteiger partial charge in [0.1, 0.15) is 5.82 Å². The van der Waals surface area contributed by atoms with Gasteiger partial charge in [0, 0.05) is 17.7 Å². The molecule has 1 aliphatic heterocycles. The topological polar surface area (TPSA) is 97.4 Å². The average Bonchev–Trinajstić information content (AvgIpc) is 3.01. The fraction of sp³-hybridized carbons (Fsp3) is 0.278. The van der Waals surface area contributed by atoms with Gasteiger partial charge in [0.25, 0.3) is 5.91 Å². The van der Waals surface area contributed by atoms with E-state index in [0.717, 1.165) is 0 Å². The van der Waals surface area contributed by atoms with Gasteiger partial charge in [-0.3, -0.25) is 4.79 Å². The largest absolute Gasteiger partial charge is 0.348 e. The summed E-state index contributed by atoms with van der Waals surface area (Å²) >= 11 is 0. The predicted molar refractivity (Wildman–Crippen MR) is 98.3 cm³/mol.